The van der Waals surface area contributed by atoms with E-state index in [1.165, 1.54) is 0 Å². The van der Waals surface area contributed by atoms with Gasteiger partial charge in [-0.25, -0.2) is 0 Å². The van der Waals surface area contributed by atoms with Crippen molar-refractivity contribution < 1.29 is 5.11 Å². The van der Waals surface area contributed by atoms with Crippen molar-refractivity contribution in [2.75, 3.05) is 18.0 Å². The molecule has 0 radical (unpaired) electrons. The van der Waals surface area contributed by atoms with Crippen LogP contribution in [0.25, 0.3) is 0 Å². The number of nitrogens with zero attached hydrogens (tertiary/aromatic N) is 1. The summed E-state index contributed by atoms with van der Waals surface area (Å²) in [6, 6.07) is 6.05. The van der Waals surface area contributed by atoms with Crippen LogP contribution >= 0.6 is 15.9 Å². The average molecular weight is 298 g/mol. The Morgan fingerprint density at radius 2 is 2.18 bits per heavy atom. The number of halogens is 1. The molecule has 1 N–H and O–H groups in total. The monoisotopic (exact) mass is 297 g/mol. The topological polar surface area (TPSA) is 23.5 Å². The number of hydrogen-bond acceptors (Lipinski definition) is 2. The maximum atomic E-state index is 9.58. The Labute approximate surface area is 112 Å². The summed E-state index contributed by atoms with van der Waals surface area (Å²) in [5.74, 6) is 0. The Hall–Kier alpha value is -0.800. The van der Waals surface area contributed by atoms with Crippen LogP contribution in [-0.2, 0) is 0 Å². The minimum Gasteiger partial charge on any atom is -0.389 e. The van der Waals surface area contributed by atoms with Crippen molar-refractivity contribution in [3.05, 3.63) is 40.4 Å². The highest BCUT2D eigenvalue weighted by molar-refractivity contribution is 9.10. The lowest BCUT2D eigenvalue weighted by Crippen LogP contribution is -2.24. The van der Waals surface area contributed by atoms with E-state index in [0.717, 1.165) is 34.4 Å². The molecular weight excluding hydrogens is 278 g/mol. The van der Waals surface area contributed by atoms with Gasteiger partial charge in [-0.2, -0.15) is 0 Å². The summed E-state index contributed by atoms with van der Waals surface area (Å²) in [6.45, 7) is 11.7. The largest absolute Gasteiger partial charge is 0.389 e. The quantitative estimate of drug-likeness (QED) is 0.833. The van der Waals surface area contributed by atoms with Crippen LogP contribution in [0.5, 0.6) is 0 Å². The first kappa shape index (κ1) is 14.3. The molecule has 0 fully saturated rings. The van der Waals surface area contributed by atoms with E-state index < -0.39 is 6.10 Å². The maximum absolute atomic E-state index is 9.58. The van der Waals surface area contributed by atoms with E-state index >= 15 is 0 Å². The van der Waals surface area contributed by atoms with Gasteiger partial charge in [0.05, 0.1) is 6.10 Å². The minimum atomic E-state index is -0.449. The molecular formula is C14H20BrNO. The smallest absolute Gasteiger partial charge is 0.0772 e. The summed E-state index contributed by atoms with van der Waals surface area (Å²) >= 11 is 3.50. The third-order valence-corrected chi connectivity index (χ3v) is 3.33. The van der Waals surface area contributed by atoms with Crippen LogP contribution in [0.4, 0.5) is 5.69 Å². The van der Waals surface area contributed by atoms with E-state index in [4.69, 9.17) is 0 Å². The highest BCUT2D eigenvalue weighted by Gasteiger charge is 2.10. The molecule has 0 saturated heterocycles. The molecule has 0 saturated carbocycles. The fraction of sp³-hybridized carbons (Fsp3) is 0.429. The van der Waals surface area contributed by atoms with Gasteiger partial charge in [-0.1, -0.05) is 34.1 Å². The molecule has 1 atom stereocenters. The fourth-order valence-corrected chi connectivity index (χ4v) is 2.46. The third-order valence-electron chi connectivity index (χ3n) is 2.64. The first-order chi connectivity index (χ1) is 7.95. The lowest BCUT2D eigenvalue weighted by Gasteiger charge is -2.24. The second-order valence-corrected chi connectivity index (χ2v) is 5.21. The molecule has 0 bridgehead atoms. The van der Waals surface area contributed by atoms with Gasteiger partial charge in [0, 0.05) is 23.2 Å². The van der Waals surface area contributed by atoms with E-state index in [0.29, 0.717) is 0 Å². The second-order valence-electron chi connectivity index (χ2n) is 4.35. The van der Waals surface area contributed by atoms with Crippen LogP contribution in [0.3, 0.4) is 0 Å². The van der Waals surface area contributed by atoms with Crippen LogP contribution in [0.1, 0.15) is 32.4 Å². The predicted molar refractivity (Wildman–Crippen MR) is 77.5 cm³/mol. The number of rotatable bonds is 5. The molecule has 0 aromatic heterocycles. The molecule has 1 aromatic carbocycles. The molecule has 17 heavy (non-hydrogen) atoms. The molecule has 94 valence electrons. The van der Waals surface area contributed by atoms with Crippen molar-refractivity contribution in [3.8, 4) is 0 Å². The van der Waals surface area contributed by atoms with E-state index in [2.05, 4.69) is 40.4 Å². The lowest BCUT2D eigenvalue weighted by molar-refractivity contribution is 0.198. The van der Waals surface area contributed by atoms with Crippen molar-refractivity contribution >= 4 is 21.6 Å². The van der Waals surface area contributed by atoms with Crippen LogP contribution in [0, 0.1) is 0 Å². The molecule has 0 amide bonds. The highest BCUT2D eigenvalue weighted by atomic mass is 79.9. The van der Waals surface area contributed by atoms with Gasteiger partial charge in [0.15, 0.2) is 0 Å². The van der Waals surface area contributed by atoms with Gasteiger partial charge in [-0.3, -0.25) is 0 Å². The lowest BCUT2D eigenvalue weighted by atomic mass is 10.1. The molecule has 0 heterocycles. The number of aliphatic hydroxyl groups excluding tert-OH is 1. The summed E-state index contributed by atoms with van der Waals surface area (Å²) in [6.07, 6.45) is -0.449. The summed E-state index contributed by atoms with van der Waals surface area (Å²) in [4.78, 5) is 2.25. The van der Waals surface area contributed by atoms with Crippen molar-refractivity contribution in [2.24, 2.45) is 0 Å². The summed E-state index contributed by atoms with van der Waals surface area (Å²) < 4.78 is 0.949. The van der Waals surface area contributed by atoms with E-state index in [1.807, 2.05) is 19.1 Å². The molecule has 0 aliphatic rings. The van der Waals surface area contributed by atoms with Gasteiger partial charge < -0.3 is 10.0 Å². The normalized spacial score (nSPS) is 12.3. The van der Waals surface area contributed by atoms with Crippen molar-refractivity contribution in [1.29, 1.82) is 0 Å². The first-order valence-electron chi connectivity index (χ1n) is 5.82. The van der Waals surface area contributed by atoms with E-state index in [1.54, 1.807) is 6.92 Å². The van der Waals surface area contributed by atoms with Gasteiger partial charge in [0.2, 0.25) is 0 Å². The SMILES string of the molecule is C=C(C)CN(CC)c1ccc([C@@H](C)O)c(Br)c1. The van der Waals surface area contributed by atoms with E-state index in [-0.39, 0.29) is 0 Å². The highest BCUT2D eigenvalue weighted by Crippen LogP contribution is 2.28. The molecule has 2 nitrogen and oxygen atoms in total. The fourth-order valence-electron chi connectivity index (χ4n) is 1.76. The Kier molecular flexibility index (Phi) is 5.22. The van der Waals surface area contributed by atoms with Gasteiger partial charge in [-0.05, 0) is 38.5 Å². The van der Waals surface area contributed by atoms with Gasteiger partial charge >= 0.3 is 0 Å². The van der Waals surface area contributed by atoms with Crippen molar-refractivity contribution in [2.45, 2.75) is 26.9 Å². The second kappa shape index (κ2) is 6.22. The molecule has 0 spiro atoms. The molecule has 3 heteroatoms. The van der Waals surface area contributed by atoms with Crippen LogP contribution in [-0.4, -0.2) is 18.2 Å². The Bertz CT molecular complexity index is 401. The van der Waals surface area contributed by atoms with Crippen LogP contribution < -0.4 is 4.90 Å². The Balaban J connectivity index is 2.98. The number of aliphatic hydroxyl groups is 1. The summed E-state index contributed by atoms with van der Waals surface area (Å²) in [5.41, 5.74) is 3.20. The zero-order valence-corrected chi connectivity index (χ0v) is 12.3. The zero-order chi connectivity index (χ0) is 13.0. The predicted octanol–water partition coefficient (Wildman–Crippen LogP) is 3.90. The third kappa shape index (κ3) is 3.86. The van der Waals surface area contributed by atoms with Crippen LogP contribution in [0.15, 0.2) is 34.8 Å². The van der Waals surface area contributed by atoms with Gasteiger partial charge in [-0.15, -0.1) is 0 Å². The number of benzene rings is 1. The van der Waals surface area contributed by atoms with Gasteiger partial charge in [0.25, 0.3) is 0 Å². The Morgan fingerprint density at radius 1 is 1.53 bits per heavy atom. The minimum absolute atomic E-state index is 0.449. The first-order valence-corrected chi connectivity index (χ1v) is 6.61. The standard InChI is InChI=1S/C14H20BrNO/c1-5-16(9-10(2)3)12-6-7-13(11(4)17)14(15)8-12/h6-8,11,17H,2,5,9H2,1,3-4H3/t11-/m1/s1. The van der Waals surface area contributed by atoms with Crippen molar-refractivity contribution in [1.82, 2.24) is 0 Å². The maximum Gasteiger partial charge on any atom is 0.0772 e. The van der Waals surface area contributed by atoms with Gasteiger partial charge in [0.1, 0.15) is 0 Å². The van der Waals surface area contributed by atoms with Crippen molar-refractivity contribution in [3.63, 3.8) is 0 Å². The van der Waals surface area contributed by atoms with E-state index in [9.17, 15) is 5.11 Å². The molecule has 0 aliphatic heterocycles. The number of anilines is 1. The zero-order valence-electron chi connectivity index (χ0n) is 10.7. The molecule has 0 aliphatic carbocycles. The molecule has 0 unspecified atom stereocenters. The van der Waals surface area contributed by atoms with Crippen LogP contribution in [0.2, 0.25) is 0 Å². The molecule has 1 rings (SSSR count). The number of hydrogen-bond donors (Lipinski definition) is 1. The average Bonchev–Trinajstić information content (AvgIpc) is 2.24. The molecule has 1 aromatic rings. The summed E-state index contributed by atoms with van der Waals surface area (Å²) in [5, 5.41) is 9.58. The Morgan fingerprint density at radius 3 is 2.59 bits per heavy atom. The number of likely N-dealkylation sites (N-methyl/N-ethyl adjacent to an activating group) is 1. The summed E-state index contributed by atoms with van der Waals surface area (Å²) in [7, 11) is 0.